The Hall–Kier alpha value is -2.15. The lowest BCUT2D eigenvalue weighted by Gasteiger charge is -2.37. The average Bonchev–Trinajstić information content (AvgIpc) is 2.61. The third-order valence-corrected chi connectivity index (χ3v) is 5.00. The smallest absolute Gasteiger partial charge is 0.292 e. The second-order valence-corrected chi connectivity index (χ2v) is 7.51. The molecule has 0 aliphatic carbocycles. The van der Waals surface area contributed by atoms with E-state index < -0.39 is 0 Å². The molecule has 0 N–H and O–H groups in total. The molecule has 1 saturated heterocycles. The lowest BCUT2D eigenvalue weighted by atomic mass is 10.0. The van der Waals surface area contributed by atoms with Gasteiger partial charge in [0.25, 0.3) is 5.69 Å². The maximum atomic E-state index is 12.6. The van der Waals surface area contributed by atoms with E-state index in [9.17, 15) is 14.9 Å². The standard InChI is InChI=1S/C19H30N4O3/c1-15(2)13-16(3)20(4)14-19(24)22-11-9-21(10-12-22)17-7-5-6-8-18(17)23(25)26/h5-8,15-16H,9-14H2,1-4H3. The number of likely N-dealkylation sites (N-methyl/N-ethyl adjacent to an activating group) is 1. The fourth-order valence-corrected chi connectivity index (χ4v) is 3.41. The van der Waals surface area contributed by atoms with Gasteiger partial charge in [-0.25, -0.2) is 0 Å². The summed E-state index contributed by atoms with van der Waals surface area (Å²) in [5.74, 6) is 0.734. The summed E-state index contributed by atoms with van der Waals surface area (Å²) < 4.78 is 0. The number of para-hydroxylation sites is 2. The first-order chi connectivity index (χ1) is 12.3. The fraction of sp³-hybridized carbons (Fsp3) is 0.632. The van der Waals surface area contributed by atoms with Gasteiger partial charge in [-0.2, -0.15) is 0 Å². The van der Waals surface area contributed by atoms with E-state index >= 15 is 0 Å². The molecule has 0 spiro atoms. The Labute approximate surface area is 155 Å². The summed E-state index contributed by atoms with van der Waals surface area (Å²) in [6.07, 6.45) is 1.06. The topological polar surface area (TPSA) is 69.9 Å². The Morgan fingerprint density at radius 1 is 1.19 bits per heavy atom. The number of hydrogen-bond acceptors (Lipinski definition) is 5. The van der Waals surface area contributed by atoms with Crippen LogP contribution in [0.4, 0.5) is 11.4 Å². The number of piperazine rings is 1. The van der Waals surface area contributed by atoms with Crippen molar-refractivity contribution < 1.29 is 9.72 Å². The van der Waals surface area contributed by atoms with Crippen molar-refractivity contribution >= 4 is 17.3 Å². The number of nitro benzene ring substituents is 1. The van der Waals surface area contributed by atoms with E-state index in [0.717, 1.165) is 6.42 Å². The molecule has 0 saturated carbocycles. The summed E-state index contributed by atoms with van der Waals surface area (Å²) in [5, 5.41) is 11.2. The van der Waals surface area contributed by atoms with Crippen LogP contribution in [0.3, 0.4) is 0 Å². The van der Waals surface area contributed by atoms with Gasteiger partial charge in [0.1, 0.15) is 5.69 Å². The van der Waals surface area contributed by atoms with E-state index in [1.807, 2.05) is 22.9 Å². The van der Waals surface area contributed by atoms with Gasteiger partial charge in [-0.15, -0.1) is 0 Å². The number of nitrogens with zero attached hydrogens (tertiary/aromatic N) is 4. The first-order valence-electron chi connectivity index (χ1n) is 9.26. The van der Waals surface area contributed by atoms with Crippen molar-refractivity contribution in [2.24, 2.45) is 5.92 Å². The molecule has 1 aliphatic heterocycles. The van der Waals surface area contributed by atoms with Crippen LogP contribution in [0.15, 0.2) is 24.3 Å². The van der Waals surface area contributed by atoms with Crippen LogP contribution < -0.4 is 4.90 Å². The van der Waals surface area contributed by atoms with Crippen LogP contribution in [0, 0.1) is 16.0 Å². The van der Waals surface area contributed by atoms with Gasteiger partial charge in [-0.3, -0.25) is 19.8 Å². The summed E-state index contributed by atoms with van der Waals surface area (Å²) in [4.78, 5) is 29.4. The Kier molecular flexibility index (Phi) is 6.97. The monoisotopic (exact) mass is 362 g/mol. The molecule has 0 aromatic heterocycles. The van der Waals surface area contributed by atoms with Crippen LogP contribution in [-0.4, -0.2) is 66.4 Å². The molecule has 0 radical (unpaired) electrons. The SMILES string of the molecule is CC(C)CC(C)N(C)CC(=O)N1CCN(c2ccccc2[N+](=O)[O-])CC1. The van der Waals surface area contributed by atoms with E-state index in [1.54, 1.807) is 12.1 Å². The first kappa shape index (κ1) is 20.2. The highest BCUT2D eigenvalue weighted by atomic mass is 16.6. The molecule has 1 aromatic carbocycles. The highest BCUT2D eigenvalue weighted by molar-refractivity contribution is 5.78. The molecule has 144 valence electrons. The average molecular weight is 362 g/mol. The van der Waals surface area contributed by atoms with E-state index in [1.165, 1.54) is 6.07 Å². The summed E-state index contributed by atoms with van der Waals surface area (Å²) in [6.45, 7) is 9.36. The summed E-state index contributed by atoms with van der Waals surface area (Å²) >= 11 is 0. The quantitative estimate of drug-likeness (QED) is 0.551. The zero-order valence-electron chi connectivity index (χ0n) is 16.2. The maximum absolute atomic E-state index is 12.6. The van der Waals surface area contributed by atoms with Crippen LogP contribution in [0.5, 0.6) is 0 Å². The lowest BCUT2D eigenvalue weighted by Crippen LogP contribution is -2.51. The van der Waals surface area contributed by atoms with Crippen LogP contribution >= 0.6 is 0 Å². The van der Waals surface area contributed by atoms with Gasteiger partial charge in [-0.05, 0) is 32.4 Å². The van der Waals surface area contributed by atoms with Gasteiger partial charge in [-0.1, -0.05) is 26.0 Å². The highest BCUT2D eigenvalue weighted by Gasteiger charge is 2.26. The van der Waals surface area contributed by atoms with Gasteiger partial charge in [0.2, 0.25) is 5.91 Å². The molecule has 2 rings (SSSR count). The second kappa shape index (κ2) is 8.98. The third-order valence-electron chi connectivity index (χ3n) is 5.00. The highest BCUT2D eigenvalue weighted by Crippen LogP contribution is 2.28. The first-order valence-corrected chi connectivity index (χ1v) is 9.26. The minimum atomic E-state index is -0.349. The van der Waals surface area contributed by atoms with Crippen LogP contribution in [0.2, 0.25) is 0 Å². The Morgan fingerprint density at radius 2 is 1.81 bits per heavy atom. The molecule has 1 amide bonds. The second-order valence-electron chi connectivity index (χ2n) is 7.51. The molecule has 1 atom stereocenters. The maximum Gasteiger partial charge on any atom is 0.292 e. The van der Waals surface area contributed by atoms with E-state index in [-0.39, 0.29) is 16.5 Å². The Bertz CT molecular complexity index is 627. The number of rotatable bonds is 7. The predicted molar refractivity (Wildman–Crippen MR) is 103 cm³/mol. The molecule has 1 fully saturated rings. The van der Waals surface area contributed by atoms with Crippen LogP contribution in [0.1, 0.15) is 27.2 Å². The van der Waals surface area contributed by atoms with E-state index in [4.69, 9.17) is 0 Å². The van der Waals surface area contributed by atoms with Gasteiger partial charge in [0.05, 0.1) is 11.5 Å². The number of anilines is 1. The number of nitro groups is 1. The number of carbonyl (C=O) groups excluding carboxylic acids is 1. The van der Waals surface area contributed by atoms with Gasteiger partial charge in [0, 0.05) is 38.3 Å². The number of hydrogen-bond donors (Lipinski definition) is 0. The van der Waals surface area contributed by atoms with Gasteiger partial charge >= 0.3 is 0 Å². The molecular weight excluding hydrogens is 332 g/mol. The largest absolute Gasteiger partial charge is 0.362 e. The van der Waals surface area contributed by atoms with Crippen molar-refractivity contribution in [3.63, 3.8) is 0 Å². The zero-order chi connectivity index (χ0) is 19.3. The molecule has 7 nitrogen and oxygen atoms in total. The molecule has 1 aliphatic rings. The van der Waals surface area contributed by atoms with Crippen molar-refractivity contribution in [1.29, 1.82) is 0 Å². The van der Waals surface area contributed by atoms with Crippen molar-refractivity contribution in [2.75, 3.05) is 44.7 Å². The predicted octanol–water partition coefficient (Wildman–Crippen LogP) is 2.61. The summed E-state index contributed by atoms with van der Waals surface area (Å²) in [7, 11) is 1.99. The van der Waals surface area contributed by atoms with Crippen molar-refractivity contribution in [1.82, 2.24) is 9.80 Å². The summed E-state index contributed by atoms with van der Waals surface area (Å²) in [5.41, 5.74) is 0.752. The fourth-order valence-electron chi connectivity index (χ4n) is 3.41. The number of benzene rings is 1. The Morgan fingerprint density at radius 3 is 2.38 bits per heavy atom. The molecule has 1 heterocycles. The van der Waals surface area contributed by atoms with E-state index in [2.05, 4.69) is 25.7 Å². The lowest BCUT2D eigenvalue weighted by molar-refractivity contribution is -0.384. The van der Waals surface area contributed by atoms with E-state index in [0.29, 0.717) is 50.4 Å². The molecular formula is C19H30N4O3. The van der Waals surface area contributed by atoms with Crippen molar-refractivity contribution in [2.45, 2.75) is 33.2 Å². The Balaban J connectivity index is 1.90. The third kappa shape index (κ3) is 5.17. The minimum absolute atomic E-state index is 0.120. The normalized spacial score (nSPS) is 16.2. The molecule has 0 bridgehead atoms. The molecule has 26 heavy (non-hydrogen) atoms. The molecule has 1 unspecified atom stereocenters. The number of carbonyl (C=O) groups is 1. The van der Waals surface area contributed by atoms with Gasteiger partial charge < -0.3 is 9.80 Å². The number of amides is 1. The molecule has 7 heteroatoms. The minimum Gasteiger partial charge on any atom is -0.362 e. The zero-order valence-corrected chi connectivity index (χ0v) is 16.2. The molecule has 1 aromatic rings. The van der Waals surface area contributed by atoms with Gasteiger partial charge in [0.15, 0.2) is 0 Å². The van der Waals surface area contributed by atoms with Crippen molar-refractivity contribution in [3.05, 3.63) is 34.4 Å². The van der Waals surface area contributed by atoms with Crippen molar-refractivity contribution in [3.8, 4) is 0 Å². The van der Waals surface area contributed by atoms with Crippen LogP contribution in [-0.2, 0) is 4.79 Å². The summed E-state index contributed by atoms with van der Waals surface area (Å²) in [6, 6.07) is 7.15. The van der Waals surface area contributed by atoms with Crippen LogP contribution in [0.25, 0.3) is 0 Å².